The molecule has 0 bridgehead atoms. The molecule has 7 nitrogen and oxygen atoms in total. The summed E-state index contributed by atoms with van der Waals surface area (Å²) in [6, 6.07) is 1.67. The van der Waals surface area contributed by atoms with Gasteiger partial charge in [0.2, 0.25) is 5.82 Å². The average Bonchev–Trinajstić information content (AvgIpc) is 2.78. The summed E-state index contributed by atoms with van der Waals surface area (Å²) < 4.78 is 6.93. The third-order valence-electron chi connectivity index (χ3n) is 3.17. The highest BCUT2D eigenvalue weighted by atomic mass is 16.6. The maximum Gasteiger partial charge on any atom is 0.333 e. The summed E-state index contributed by atoms with van der Waals surface area (Å²) >= 11 is 0. The lowest BCUT2D eigenvalue weighted by molar-refractivity contribution is -0.384. The Morgan fingerprint density at radius 1 is 1.47 bits per heavy atom. The van der Waals surface area contributed by atoms with Crippen molar-refractivity contribution in [1.29, 1.82) is 0 Å². The molecule has 0 radical (unpaired) electrons. The molecule has 2 aromatic rings. The fourth-order valence-corrected chi connectivity index (χ4v) is 2.27. The molecule has 19 heavy (non-hydrogen) atoms. The topological polar surface area (TPSA) is 100 Å². The van der Waals surface area contributed by atoms with Gasteiger partial charge in [-0.25, -0.2) is 4.68 Å². The van der Waals surface area contributed by atoms with Crippen LogP contribution in [-0.4, -0.2) is 14.7 Å². The van der Waals surface area contributed by atoms with E-state index in [9.17, 15) is 10.1 Å². The number of furan rings is 1. The van der Waals surface area contributed by atoms with Crippen LogP contribution < -0.4 is 5.73 Å². The van der Waals surface area contributed by atoms with Crippen LogP contribution >= 0.6 is 0 Å². The summed E-state index contributed by atoms with van der Waals surface area (Å²) in [7, 11) is 0. The molecule has 0 amide bonds. The first kappa shape index (κ1) is 13.1. The van der Waals surface area contributed by atoms with E-state index in [1.54, 1.807) is 6.92 Å². The van der Waals surface area contributed by atoms with Gasteiger partial charge in [0.05, 0.1) is 11.0 Å². The van der Waals surface area contributed by atoms with E-state index in [0.717, 1.165) is 17.1 Å². The van der Waals surface area contributed by atoms with E-state index in [1.165, 1.54) is 4.68 Å². The van der Waals surface area contributed by atoms with Crippen molar-refractivity contribution >= 4 is 11.5 Å². The van der Waals surface area contributed by atoms with Crippen molar-refractivity contribution in [3.8, 4) is 0 Å². The minimum absolute atomic E-state index is 0.0632. The van der Waals surface area contributed by atoms with Gasteiger partial charge in [0.15, 0.2) is 0 Å². The number of nitrogen functional groups attached to an aromatic ring is 1. The van der Waals surface area contributed by atoms with Crippen LogP contribution in [0.15, 0.2) is 10.5 Å². The molecule has 7 heteroatoms. The lowest BCUT2D eigenvalue weighted by Crippen LogP contribution is -2.12. The van der Waals surface area contributed by atoms with E-state index >= 15 is 0 Å². The zero-order chi connectivity index (χ0) is 14.3. The summed E-state index contributed by atoms with van der Waals surface area (Å²) in [6.07, 6.45) is 0. The maximum atomic E-state index is 10.9. The number of nitrogens with zero attached hydrogens (tertiary/aromatic N) is 3. The van der Waals surface area contributed by atoms with Gasteiger partial charge in [-0.15, -0.1) is 0 Å². The summed E-state index contributed by atoms with van der Waals surface area (Å²) in [4.78, 5) is 10.4. The largest absolute Gasteiger partial charge is 0.466 e. The quantitative estimate of drug-likeness (QED) is 0.678. The Bertz CT molecular complexity index is 642. The van der Waals surface area contributed by atoms with Gasteiger partial charge in [0.1, 0.15) is 17.2 Å². The Labute approximate surface area is 110 Å². The first-order chi connectivity index (χ1) is 8.82. The number of nitro groups is 1. The Morgan fingerprint density at radius 2 is 2.11 bits per heavy atom. The van der Waals surface area contributed by atoms with Gasteiger partial charge in [0.25, 0.3) is 0 Å². The van der Waals surface area contributed by atoms with Crippen molar-refractivity contribution in [1.82, 2.24) is 9.78 Å². The number of hydrogen-bond acceptors (Lipinski definition) is 5. The summed E-state index contributed by atoms with van der Waals surface area (Å²) in [5.74, 6) is 1.62. The third kappa shape index (κ3) is 2.07. The van der Waals surface area contributed by atoms with Gasteiger partial charge in [-0.05, 0) is 33.8 Å². The van der Waals surface area contributed by atoms with Crippen LogP contribution in [0, 0.1) is 30.9 Å². The van der Waals surface area contributed by atoms with Crippen LogP contribution in [0.3, 0.4) is 0 Å². The molecular weight excluding hydrogens is 248 g/mol. The van der Waals surface area contributed by atoms with Gasteiger partial charge >= 0.3 is 5.69 Å². The molecule has 1 atom stereocenters. The van der Waals surface area contributed by atoms with Crippen LogP contribution in [0.1, 0.15) is 35.7 Å². The predicted molar refractivity (Wildman–Crippen MR) is 70.0 cm³/mol. The number of rotatable bonds is 3. The zero-order valence-corrected chi connectivity index (χ0v) is 11.3. The molecule has 0 saturated carbocycles. The van der Waals surface area contributed by atoms with Crippen molar-refractivity contribution in [2.24, 2.45) is 0 Å². The molecule has 0 aliphatic heterocycles. The summed E-state index contributed by atoms with van der Waals surface area (Å²) in [5.41, 5.74) is 6.92. The van der Waals surface area contributed by atoms with Gasteiger partial charge in [-0.2, -0.15) is 5.10 Å². The van der Waals surface area contributed by atoms with Crippen LogP contribution in [0.2, 0.25) is 0 Å². The molecule has 2 N–H and O–H groups in total. The van der Waals surface area contributed by atoms with Crippen molar-refractivity contribution in [3.63, 3.8) is 0 Å². The van der Waals surface area contributed by atoms with Gasteiger partial charge in [0, 0.05) is 5.56 Å². The molecule has 2 rings (SSSR count). The van der Waals surface area contributed by atoms with Gasteiger partial charge < -0.3 is 10.2 Å². The molecule has 0 aromatic carbocycles. The molecule has 0 spiro atoms. The highest BCUT2D eigenvalue weighted by molar-refractivity contribution is 5.56. The van der Waals surface area contributed by atoms with Gasteiger partial charge in [-0.3, -0.25) is 10.1 Å². The molecule has 1 unspecified atom stereocenters. The number of nitrogens with two attached hydrogens (primary N) is 1. The average molecular weight is 264 g/mol. The fourth-order valence-electron chi connectivity index (χ4n) is 2.27. The lowest BCUT2D eigenvalue weighted by atomic mass is 10.1. The van der Waals surface area contributed by atoms with E-state index in [-0.39, 0.29) is 17.5 Å². The molecule has 0 fully saturated rings. The number of aryl methyl sites for hydroxylation is 3. The van der Waals surface area contributed by atoms with Crippen molar-refractivity contribution in [3.05, 3.63) is 39.0 Å². The van der Waals surface area contributed by atoms with E-state index < -0.39 is 4.92 Å². The SMILES string of the molecule is Cc1cc(C(C)n2nc(C)c([N+](=O)[O-])c2N)c(C)o1. The van der Waals surface area contributed by atoms with Crippen molar-refractivity contribution in [2.45, 2.75) is 33.7 Å². The standard InChI is InChI=1S/C12H16N4O3/c1-6-5-10(9(4)19-6)8(3)15-12(13)11(16(17)18)7(2)14-15/h5,8H,13H2,1-4H3. The van der Waals surface area contributed by atoms with E-state index in [1.807, 2.05) is 26.8 Å². The molecule has 0 aliphatic carbocycles. The molecule has 0 aliphatic rings. The Hall–Kier alpha value is -2.31. The highest BCUT2D eigenvalue weighted by Gasteiger charge is 2.27. The fraction of sp³-hybridized carbons (Fsp3) is 0.417. The lowest BCUT2D eigenvalue weighted by Gasteiger charge is -2.12. The second kappa shape index (κ2) is 4.42. The van der Waals surface area contributed by atoms with E-state index in [2.05, 4.69) is 5.10 Å². The molecule has 2 aromatic heterocycles. The third-order valence-corrected chi connectivity index (χ3v) is 3.17. The van der Waals surface area contributed by atoms with Crippen LogP contribution in [0.25, 0.3) is 0 Å². The Balaban J connectivity index is 2.51. The first-order valence-electron chi connectivity index (χ1n) is 5.88. The molecule has 0 saturated heterocycles. The molecule has 2 heterocycles. The van der Waals surface area contributed by atoms with Crippen LogP contribution in [0.4, 0.5) is 11.5 Å². The minimum atomic E-state index is -0.506. The molecule has 102 valence electrons. The Morgan fingerprint density at radius 3 is 2.53 bits per heavy atom. The van der Waals surface area contributed by atoms with Crippen molar-refractivity contribution in [2.75, 3.05) is 5.73 Å². The normalized spacial score (nSPS) is 12.6. The number of anilines is 1. The zero-order valence-electron chi connectivity index (χ0n) is 11.3. The summed E-state index contributed by atoms with van der Waals surface area (Å²) in [5, 5.41) is 15.1. The van der Waals surface area contributed by atoms with Crippen LogP contribution in [-0.2, 0) is 0 Å². The minimum Gasteiger partial charge on any atom is -0.466 e. The number of aromatic nitrogens is 2. The van der Waals surface area contributed by atoms with Crippen molar-refractivity contribution < 1.29 is 9.34 Å². The predicted octanol–water partition coefficient (Wildman–Crippen LogP) is 2.50. The van der Waals surface area contributed by atoms with E-state index in [0.29, 0.717) is 5.69 Å². The monoisotopic (exact) mass is 264 g/mol. The second-order valence-corrected chi connectivity index (χ2v) is 4.57. The smallest absolute Gasteiger partial charge is 0.333 e. The first-order valence-corrected chi connectivity index (χ1v) is 5.88. The summed E-state index contributed by atoms with van der Waals surface area (Å²) in [6.45, 7) is 7.15. The van der Waals surface area contributed by atoms with E-state index in [4.69, 9.17) is 10.2 Å². The maximum absolute atomic E-state index is 10.9. The second-order valence-electron chi connectivity index (χ2n) is 4.57. The van der Waals surface area contributed by atoms with Crippen LogP contribution in [0.5, 0.6) is 0 Å². The highest BCUT2D eigenvalue weighted by Crippen LogP contribution is 2.32. The van der Waals surface area contributed by atoms with Gasteiger partial charge in [-0.1, -0.05) is 0 Å². The Kier molecular flexibility index (Phi) is 3.05. The molecular formula is C12H16N4O3. The number of hydrogen-bond donors (Lipinski definition) is 1.